The zero-order valence-electron chi connectivity index (χ0n) is 13.9. The lowest BCUT2D eigenvalue weighted by atomic mass is 9.78. The Balaban J connectivity index is 2.04. The summed E-state index contributed by atoms with van der Waals surface area (Å²) >= 11 is 0. The van der Waals surface area contributed by atoms with Crippen molar-refractivity contribution in [2.75, 3.05) is 6.54 Å². The molecule has 1 aliphatic carbocycles. The van der Waals surface area contributed by atoms with Gasteiger partial charge in [0.15, 0.2) is 0 Å². The highest BCUT2D eigenvalue weighted by Crippen LogP contribution is 2.40. The first-order valence-corrected chi connectivity index (χ1v) is 8.17. The van der Waals surface area contributed by atoms with Gasteiger partial charge < -0.3 is 15.0 Å². The van der Waals surface area contributed by atoms with E-state index in [0.717, 1.165) is 12.8 Å². The zero-order chi connectivity index (χ0) is 17.3. The number of halogens is 3. The fourth-order valence-corrected chi connectivity index (χ4v) is 3.45. The van der Waals surface area contributed by atoms with Gasteiger partial charge in [0.2, 0.25) is 5.60 Å². The lowest BCUT2D eigenvalue weighted by molar-refractivity contribution is -0.272. The van der Waals surface area contributed by atoms with Crippen molar-refractivity contribution in [3.63, 3.8) is 0 Å². The molecule has 0 spiro atoms. The Labute approximate surface area is 135 Å². The summed E-state index contributed by atoms with van der Waals surface area (Å²) in [5, 5.41) is 13.5. The molecule has 2 N–H and O–H groups in total. The first-order chi connectivity index (χ1) is 10.7. The molecule has 0 saturated heterocycles. The van der Waals surface area contributed by atoms with Crippen molar-refractivity contribution in [3.8, 4) is 0 Å². The summed E-state index contributed by atoms with van der Waals surface area (Å²) < 4.78 is 41.5. The normalized spacial score (nSPS) is 28.6. The minimum absolute atomic E-state index is 0.102. The zero-order valence-corrected chi connectivity index (χ0v) is 13.9. The molecule has 0 radical (unpaired) electrons. The standard InChI is InChI=1S/C16H26F3N3O/c1-11-5-4-6-13(12(11)2)20-8-7-15(23,16(17,18)19)14-21-9-10-22(14)3/h9-13,20,23H,4-8H2,1-3H3/t11-,12+,13+,15-/m1/s1. The molecule has 7 heteroatoms. The fourth-order valence-electron chi connectivity index (χ4n) is 3.45. The van der Waals surface area contributed by atoms with E-state index in [1.807, 2.05) is 0 Å². The second-order valence-corrected chi connectivity index (χ2v) is 6.80. The Bertz CT molecular complexity index is 517. The third-order valence-corrected chi connectivity index (χ3v) is 5.26. The van der Waals surface area contributed by atoms with Crippen molar-refractivity contribution in [2.24, 2.45) is 18.9 Å². The van der Waals surface area contributed by atoms with Crippen LogP contribution in [-0.2, 0) is 12.6 Å². The molecule has 1 fully saturated rings. The van der Waals surface area contributed by atoms with Gasteiger partial charge in [-0.3, -0.25) is 0 Å². The van der Waals surface area contributed by atoms with Crippen LogP contribution in [0.25, 0.3) is 0 Å². The molecule has 4 atom stereocenters. The van der Waals surface area contributed by atoms with Gasteiger partial charge in [0.1, 0.15) is 5.82 Å². The van der Waals surface area contributed by atoms with Gasteiger partial charge in [0.25, 0.3) is 0 Å². The van der Waals surface area contributed by atoms with Crippen LogP contribution in [0.2, 0.25) is 0 Å². The molecular weight excluding hydrogens is 307 g/mol. The number of nitrogens with zero attached hydrogens (tertiary/aromatic N) is 2. The number of aromatic nitrogens is 2. The van der Waals surface area contributed by atoms with Crippen molar-refractivity contribution in [1.29, 1.82) is 0 Å². The summed E-state index contributed by atoms with van der Waals surface area (Å²) in [6.45, 7) is 4.42. The summed E-state index contributed by atoms with van der Waals surface area (Å²) in [7, 11) is 1.46. The molecular formula is C16H26F3N3O. The molecule has 0 amide bonds. The van der Waals surface area contributed by atoms with Crippen molar-refractivity contribution in [1.82, 2.24) is 14.9 Å². The van der Waals surface area contributed by atoms with E-state index in [9.17, 15) is 18.3 Å². The number of hydrogen-bond donors (Lipinski definition) is 2. The molecule has 4 nitrogen and oxygen atoms in total. The van der Waals surface area contributed by atoms with Crippen LogP contribution in [0, 0.1) is 11.8 Å². The number of imidazole rings is 1. The van der Waals surface area contributed by atoms with Crippen LogP contribution in [0.5, 0.6) is 0 Å². The number of alkyl halides is 3. The average Bonchev–Trinajstić information content (AvgIpc) is 2.88. The Morgan fingerprint density at radius 3 is 2.61 bits per heavy atom. The molecule has 0 bridgehead atoms. The molecule has 1 aromatic rings. The van der Waals surface area contributed by atoms with E-state index in [2.05, 4.69) is 24.1 Å². The molecule has 0 unspecified atom stereocenters. The van der Waals surface area contributed by atoms with Gasteiger partial charge in [0.05, 0.1) is 0 Å². The molecule has 2 rings (SSSR count). The minimum Gasteiger partial charge on any atom is -0.374 e. The van der Waals surface area contributed by atoms with E-state index in [1.165, 1.54) is 30.4 Å². The number of aliphatic hydroxyl groups is 1. The quantitative estimate of drug-likeness (QED) is 0.871. The minimum atomic E-state index is -4.76. The van der Waals surface area contributed by atoms with Crippen molar-refractivity contribution < 1.29 is 18.3 Å². The van der Waals surface area contributed by atoms with E-state index in [1.54, 1.807) is 0 Å². The fraction of sp³-hybridized carbons (Fsp3) is 0.812. The largest absolute Gasteiger partial charge is 0.424 e. The second kappa shape index (κ2) is 6.81. The number of nitrogens with one attached hydrogen (secondary N) is 1. The molecule has 0 aliphatic heterocycles. The summed E-state index contributed by atoms with van der Waals surface area (Å²) in [5.41, 5.74) is -2.93. The molecule has 1 aliphatic rings. The maximum atomic E-state index is 13.4. The van der Waals surface area contributed by atoms with Crippen molar-refractivity contribution >= 4 is 0 Å². The topological polar surface area (TPSA) is 50.1 Å². The summed E-state index contributed by atoms with van der Waals surface area (Å²) in [4.78, 5) is 3.71. The van der Waals surface area contributed by atoms with Crippen molar-refractivity contribution in [2.45, 2.75) is 57.3 Å². The van der Waals surface area contributed by atoms with Gasteiger partial charge in [-0.2, -0.15) is 13.2 Å². The maximum absolute atomic E-state index is 13.4. The summed E-state index contributed by atoms with van der Waals surface area (Å²) in [5.74, 6) is 0.630. The predicted octanol–water partition coefficient (Wildman–Crippen LogP) is 2.97. The van der Waals surface area contributed by atoms with Gasteiger partial charge in [0, 0.05) is 31.9 Å². The van der Waals surface area contributed by atoms with E-state index in [-0.39, 0.29) is 18.4 Å². The van der Waals surface area contributed by atoms with E-state index in [0.29, 0.717) is 11.8 Å². The van der Waals surface area contributed by atoms with Gasteiger partial charge >= 0.3 is 6.18 Å². The molecule has 1 heterocycles. The SMILES string of the molecule is C[C@H]1[C@H](C)CCC[C@@H]1NCC[C@@](O)(c1nccn1C)C(F)(F)F. The van der Waals surface area contributed by atoms with E-state index >= 15 is 0 Å². The monoisotopic (exact) mass is 333 g/mol. The van der Waals surface area contributed by atoms with Gasteiger partial charge in [-0.15, -0.1) is 0 Å². The Morgan fingerprint density at radius 2 is 2.04 bits per heavy atom. The van der Waals surface area contributed by atoms with Crippen LogP contribution < -0.4 is 5.32 Å². The highest BCUT2D eigenvalue weighted by Gasteiger charge is 2.57. The van der Waals surface area contributed by atoms with Gasteiger partial charge in [-0.05, 0) is 24.8 Å². The Hall–Kier alpha value is -1.08. The van der Waals surface area contributed by atoms with Crippen LogP contribution in [0.4, 0.5) is 13.2 Å². The average molecular weight is 333 g/mol. The number of hydrogen-bond acceptors (Lipinski definition) is 3. The number of aryl methyl sites for hydroxylation is 1. The Kier molecular flexibility index (Phi) is 5.41. The van der Waals surface area contributed by atoms with Crippen molar-refractivity contribution in [3.05, 3.63) is 18.2 Å². The second-order valence-electron chi connectivity index (χ2n) is 6.80. The smallest absolute Gasteiger partial charge is 0.374 e. The summed E-state index contributed by atoms with van der Waals surface area (Å²) in [6, 6.07) is 0.206. The number of rotatable bonds is 5. The molecule has 23 heavy (non-hydrogen) atoms. The highest BCUT2D eigenvalue weighted by molar-refractivity contribution is 5.08. The first kappa shape index (κ1) is 18.3. The highest BCUT2D eigenvalue weighted by atomic mass is 19.4. The molecule has 1 saturated carbocycles. The third-order valence-electron chi connectivity index (χ3n) is 5.26. The first-order valence-electron chi connectivity index (χ1n) is 8.17. The molecule has 1 aromatic heterocycles. The van der Waals surface area contributed by atoms with Crippen LogP contribution in [0.15, 0.2) is 12.4 Å². The van der Waals surface area contributed by atoms with Crippen LogP contribution in [-0.4, -0.2) is 33.4 Å². The van der Waals surface area contributed by atoms with Crippen LogP contribution >= 0.6 is 0 Å². The maximum Gasteiger partial charge on any atom is 0.424 e. The Morgan fingerprint density at radius 1 is 1.35 bits per heavy atom. The molecule has 132 valence electrons. The van der Waals surface area contributed by atoms with E-state index in [4.69, 9.17) is 0 Å². The van der Waals surface area contributed by atoms with E-state index < -0.39 is 18.2 Å². The lowest BCUT2D eigenvalue weighted by Crippen LogP contribution is -2.48. The molecule has 0 aromatic carbocycles. The van der Waals surface area contributed by atoms with Gasteiger partial charge in [-0.1, -0.05) is 26.7 Å². The van der Waals surface area contributed by atoms with Crippen LogP contribution in [0.1, 0.15) is 45.4 Å². The third kappa shape index (κ3) is 3.71. The van der Waals surface area contributed by atoms with Crippen LogP contribution in [0.3, 0.4) is 0 Å². The summed E-state index contributed by atoms with van der Waals surface area (Å²) in [6.07, 6.45) is 0.691. The lowest BCUT2D eigenvalue weighted by Gasteiger charge is -2.36. The van der Waals surface area contributed by atoms with Gasteiger partial charge in [-0.25, -0.2) is 4.98 Å². The predicted molar refractivity (Wildman–Crippen MR) is 81.7 cm³/mol.